The summed E-state index contributed by atoms with van der Waals surface area (Å²) in [5.41, 5.74) is 5.73. The topological polar surface area (TPSA) is 84.0 Å². The van der Waals surface area contributed by atoms with E-state index in [-0.39, 0.29) is 17.6 Å². The number of hydrazine groups is 1. The second-order valence-electron chi connectivity index (χ2n) is 7.11. The maximum absolute atomic E-state index is 12.0. The summed E-state index contributed by atoms with van der Waals surface area (Å²) in [6.45, 7) is 5.38. The third-order valence-corrected chi connectivity index (χ3v) is 6.24. The van der Waals surface area contributed by atoms with Crippen molar-refractivity contribution in [3.8, 4) is 0 Å². The Hall–Kier alpha value is -1.67. The van der Waals surface area contributed by atoms with Crippen LogP contribution in [0.3, 0.4) is 0 Å². The van der Waals surface area contributed by atoms with E-state index in [9.17, 15) is 9.59 Å². The summed E-state index contributed by atoms with van der Waals surface area (Å²) < 4.78 is 0. The van der Waals surface area contributed by atoms with Gasteiger partial charge in [0.15, 0.2) is 0 Å². The lowest BCUT2D eigenvalue weighted by Crippen LogP contribution is -2.47. The Balaban J connectivity index is 1.66. The van der Waals surface area contributed by atoms with Crippen LogP contribution in [-0.2, 0) is 22.4 Å². The van der Waals surface area contributed by atoms with Gasteiger partial charge < -0.3 is 0 Å². The number of carbonyl (C=O) groups is 2. The Kier molecular flexibility index (Phi) is 5.29. The van der Waals surface area contributed by atoms with Crippen LogP contribution >= 0.6 is 23.1 Å². The molecule has 0 unspecified atom stereocenters. The number of fused-ring (bicyclic) bond motifs is 3. The first-order valence-corrected chi connectivity index (χ1v) is 10.1. The lowest BCUT2D eigenvalue weighted by Gasteiger charge is -2.17. The van der Waals surface area contributed by atoms with Crippen molar-refractivity contribution in [1.82, 2.24) is 20.8 Å². The monoisotopic (exact) mass is 378 g/mol. The Bertz CT molecular complexity index is 811. The number of aromatic nitrogens is 2. The molecule has 1 aliphatic rings. The van der Waals surface area contributed by atoms with Gasteiger partial charge in [-0.3, -0.25) is 20.4 Å². The second kappa shape index (κ2) is 7.29. The molecular formula is C17H22N4O2S2. The molecule has 2 N–H and O–H groups in total. The van der Waals surface area contributed by atoms with E-state index in [0.29, 0.717) is 0 Å². The molecular weight excluding hydrogens is 356 g/mol. The van der Waals surface area contributed by atoms with Gasteiger partial charge in [-0.25, -0.2) is 9.97 Å². The minimum Gasteiger partial charge on any atom is -0.273 e. The summed E-state index contributed by atoms with van der Waals surface area (Å²) in [7, 11) is 0. The van der Waals surface area contributed by atoms with Crippen molar-refractivity contribution >= 4 is 45.1 Å². The Morgan fingerprint density at radius 3 is 2.72 bits per heavy atom. The zero-order valence-electron chi connectivity index (χ0n) is 14.6. The third kappa shape index (κ3) is 4.12. The number of hydrogen-bond acceptors (Lipinski definition) is 6. The number of amides is 2. The van der Waals surface area contributed by atoms with Crippen LogP contribution in [-0.4, -0.2) is 27.5 Å². The Morgan fingerprint density at radius 2 is 1.96 bits per heavy atom. The van der Waals surface area contributed by atoms with E-state index in [4.69, 9.17) is 0 Å². The molecule has 2 amide bonds. The highest BCUT2D eigenvalue weighted by Crippen LogP contribution is 2.39. The molecule has 1 aliphatic carbocycles. The third-order valence-electron chi connectivity index (χ3n) is 4.05. The largest absolute Gasteiger partial charge is 0.273 e. The van der Waals surface area contributed by atoms with E-state index < -0.39 is 5.41 Å². The molecule has 0 fully saturated rings. The lowest BCUT2D eigenvalue weighted by molar-refractivity contribution is -0.133. The number of carbonyl (C=O) groups excluding carboxylic acids is 2. The van der Waals surface area contributed by atoms with Crippen LogP contribution in [0.1, 0.15) is 44.1 Å². The van der Waals surface area contributed by atoms with Crippen molar-refractivity contribution < 1.29 is 9.59 Å². The van der Waals surface area contributed by atoms with Crippen molar-refractivity contribution in [3.05, 3.63) is 16.8 Å². The molecule has 0 aliphatic heterocycles. The highest BCUT2D eigenvalue weighted by Gasteiger charge is 2.22. The SMILES string of the molecule is CC(C)(C)C(=O)NNC(=O)CSc1ncnc2sc3c(c12)CCCC3. The fourth-order valence-electron chi connectivity index (χ4n) is 2.65. The second-order valence-corrected chi connectivity index (χ2v) is 9.16. The zero-order valence-corrected chi connectivity index (χ0v) is 16.3. The molecule has 6 nitrogen and oxygen atoms in total. The molecule has 0 radical (unpaired) electrons. The van der Waals surface area contributed by atoms with Crippen LogP contribution in [0.5, 0.6) is 0 Å². The standard InChI is InChI=1S/C17H22N4O2S2/c1-17(2,3)16(23)21-20-12(22)8-24-14-13-10-6-4-5-7-11(10)25-15(13)19-9-18-14/h9H,4-8H2,1-3H3,(H,20,22)(H,21,23). The molecule has 134 valence electrons. The fourth-order valence-corrected chi connectivity index (χ4v) is 4.77. The molecule has 2 heterocycles. The smallest absolute Gasteiger partial charge is 0.248 e. The molecule has 8 heteroatoms. The summed E-state index contributed by atoms with van der Waals surface area (Å²) >= 11 is 3.13. The number of rotatable bonds is 3. The molecule has 2 aromatic rings. The van der Waals surface area contributed by atoms with Gasteiger partial charge in [0, 0.05) is 15.7 Å². The molecule has 3 rings (SSSR count). The van der Waals surface area contributed by atoms with Crippen LogP contribution in [0.15, 0.2) is 11.4 Å². The minimum atomic E-state index is -0.547. The van der Waals surface area contributed by atoms with Gasteiger partial charge in [0.2, 0.25) is 11.8 Å². The quantitative estimate of drug-likeness (QED) is 0.487. The molecule has 0 atom stereocenters. The normalized spacial score (nSPS) is 14.2. The van der Waals surface area contributed by atoms with E-state index in [0.717, 1.165) is 28.1 Å². The predicted octanol–water partition coefficient (Wildman–Crippen LogP) is 2.86. The maximum Gasteiger partial charge on any atom is 0.248 e. The van der Waals surface area contributed by atoms with Crippen molar-refractivity contribution in [2.24, 2.45) is 5.41 Å². The molecule has 0 saturated heterocycles. The van der Waals surface area contributed by atoms with Crippen LogP contribution in [0, 0.1) is 5.41 Å². The highest BCUT2D eigenvalue weighted by molar-refractivity contribution is 8.00. The van der Waals surface area contributed by atoms with Gasteiger partial charge in [-0.2, -0.15) is 0 Å². The van der Waals surface area contributed by atoms with Gasteiger partial charge in [-0.1, -0.05) is 32.5 Å². The summed E-state index contributed by atoms with van der Waals surface area (Å²) in [5.74, 6) is -0.276. The average molecular weight is 379 g/mol. The van der Waals surface area contributed by atoms with Crippen molar-refractivity contribution in [2.75, 3.05) is 5.75 Å². The number of nitrogens with zero attached hydrogens (tertiary/aromatic N) is 2. The molecule has 25 heavy (non-hydrogen) atoms. The zero-order chi connectivity index (χ0) is 18.0. The first-order valence-electron chi connectivity index (χ1n) is 8.33. The number of nitrogens with one attached hydrogen (secondary N) is 2. The van der Waals surface area contributed by atoms with E-state index in [1.807, 2.05) is 0 Å². The lowest BCUT2D eigenvalue weighted by atomic mass is 9.96. The van der Waals surface area contributed by atoms with E-state index in [2.05, 4.69) is 20.8 Å². The van der Waals surface area contributed by atoms with Crippen LogP contribution in [0.25, 0.3) is 10.2 Å². The first kappa shape index (κ1) is 18.1. The predicted molar refractivity (Wildman–Crippen MR) is 101 cm³/mol. The van der Waals surface area contributed by atoms with E-state index in [1.54, 1.807) is 38.4 Å². The first-order chi connectivity index (χ1) is 11.9. The maximum atomic E-state index is 12.0. The van der Waals surface area contributed by atoms with Gasteiger partial charge in [-0.05, 0) is 31.2 Å². The fraction of sp³-hybridized carbons (Fsp3) is 0.529. The van der Waals surface area contributed by atoms with E-state index >= 15 is 0 Å². The average Bonchev–Trinajstić information content (AvgIpc) is 2.96. The van der Waals surface area contributed by atoms with Crippen molar-refractivity contribution in [1.29, 1.82) is 0 Å². The van der Waals surface area contributed by atoms with Crippen LogP contribution < -0.4 is 10.9 Å². The number of aryl methyl sites for hydroxylation is 2. The van der Waals surface area contributed by atoms with Gasteiger partial charge in [0.25, 0.3) is 0 Å². The number of thioether (sulfide) groups is 1. The number of hydrogen-bond donors (Lipinski definition) is 2. The molecule has 0 bridgehead atoms. The Morgan fingerprint density at radius 1 is 1.20 bits per heavy atom. The van der Waals surface area contributed by atoms with Gasteiger partial charge >= 0.3 is 0 Å². The van der Waals surface area contributed by atoms with Crippen LogP contribution in [0.4, 0.5) is 0 Å². The molecule has 0 spiro atoms. The summed E-state index contributed by atoms with van der Waals surface area (Å²) in [4.78, 5) is 35.0. The number of thiophene rings is 1. The molecule has 2 aromatic heterocycles. The highest BCUT2D eigenvalue weighted by atomic mass is 32.2. The minimum absolute atomic E-state index is 0.196. The summed E-state index contributed by atoms with van der Waals surface area (Å²) in [6, 6.07) is 0. The van der Waals surface area contributed by atoms with Crippen LogP contribution in [0.2, 0.25) is 0 Å². The van der Waals surface area contributed by atoms with Gasteiger partial charge in [0.1, 0.15) is 16.2 Å². The van der Waals surface area contributed by atoms with Crippen molar-refractivity contribution in [3.63, 3.8) is 0 Å². The summed E-state index contributed by atoms with van der Waals surface area (Å²) in [6.07, 6.45) is 6.15. The van der Waals surface area contributed by atoms with Crippen molar-refractivity contribution in [2.45, 2.75) is 51.5 Å². The van der Waals surface area contributed by atoms with E-state index in [1.165, 1.54) is 35.0 Å². The summed E-state index contributed by atoms with van der Waals surface area (Å²) in [5, 5.41) is 1.96. The molecule has 0 saturated carbocycles. The van der Waals surface area contributed by atoms with Gasteiger partial charge in [0.05, 0.1) is 5.75 Å². The Labute approximate surface area is 155 Å². The van der Waals surface area contributed by atoms with Gasteiger partial charge in [-0.15, -0.1) is 11.3 Å². The molecule has 0 aromatic carbocycles.